The summed E-state index contributed by atoms with van der Waals surface area (Å²) in [5, 5.41) is 0. The van der Waals surface area contributed by atoms with Gasteiger partial charge in [-0.3, -0.25) is 4.79 Å². The third-order valence-electron chi connectivity index (χ3n) is 4.33. The summed E-state index contributed by atoms with van der Waals surface area (Å²) in [6.45, 7) is 2.13. The van der Waals surface area contributed by atoms with Crippen molar-refractivity contribution in [3.05, 3.63) is 17.1 Å². The number of amides is 1. The summed E-state index contributed by atoms with van der Waals surface area (Å²) >= 11 is 0. The lowest BCUT2D eigenvalue weighted by atomic mass is 10.1. The molecule has 132 valence electrons. The molecule has 3 rings (SSSR count). The topological polar surface area (TPSA) is 55.3 Å². The first-order valence-electron chi connectivity index (χ1n) is 8.18. The van der Waals surface area contributed by atoms with Gasteiger partial charge < -0.3 is 9.64 Å². The van der Waals surface area contributed by atoms with Crippen molar-refractivity contribution in [1.82, 2.24) is 14.9 Å². The van der Waals surface area contributed by atoms with Crippen molar-refractivity contribution < 1.29 is 22.7 Å². The highest BCUT2D eigenvalue weighted by atomic mass is 19.4. The van der Waals surface area contributed by atoms with Crippen LogP contribution in [0.25, 0.3) is 0 Å². The highest BCUT2D eigenvalue weighted by Gasteiger charge is 2.31. The van der Waals surface area contributed by atoms with Crippen LogP contribution in [-0.4, -0.2) is 46.6 Å². The summed E-state index contributed by atoms with van der Waals surface area (Å²) in [5.74, 6) is 1.19. The minimum Gasteiger partial charge on any atom is -0.477 e. The van der Waals surface area contributed by atoms with E-state index in [0.717, 1.165) is 24.1 Å². The lowest BCUT2D eigenvalue weighted by Crippen LogP contribution is -2.31. The van der Waals surface area contributed by atoms with Crippen molar-refractivity contribution in [2.24, 2.45) is 0 Å². The van der Waals surface area contributed by atoms with Gasteiger partial charge >= 0.3 is 6.18 Å². The zero-order valence-electron chi connectivity index (χ0n) is 13.5. The normalized spacial score (nSPS) is 18.1. The average Bonchev–Trinajstić information content (AvgIpc) is 3.32. The maximum Gasteiger partial charge on any atom is 0.392 e. The average molecular weight is 343 g/mol. The monoisotopic (exact) mass is 343 g/mol. The molecule has 0 bridgehead atoms. The van der Waals surface area contributed by atoms with Crippen molar-refractivity contribution in [2.45, 2.75) is 51.1 Å². The van der Waals surface area contributed by atoms with Gasteiger partial charge in [0.05, 0.1) is 18.7 Å². The molecule has 2 heterocycles. The number of hydrogen-bond acceptors (Lipinski definition) is 4. The smallest absolute Gasteiger partial charge is 0.392 e. The second-order valence-electron chi connectivity index (χ2n) is 6.31. The number of halogens is 3. The van der Waals surface area contributed by atoms with Gasteiger partial charge in [-0.05, 0) is 19.3 Å². The molecule has 2 aliphatic rings. The van der Waals surface area contributed by atoms with Crippen LogP contribution in [0.5, 0.6) is 5.88 Å². The van der Waals surface area contributed by atoms with E-state index in [0.29, 0.717) is 31.8 Å². The summed E-state index contributed by atoms with van der Waals surface area (Å²) in [5.41, 5.74) is 1.54. The third kappa shape index (κ3) is 4.15. The quantitative estimate of drug-likeness (QED) is 0.843. The van der Waals surface area contributed by atoms with Crippen LogP contribution >= 0.6 is 0 Å². The first-order valence-corrected chi connectivity index (χ1v) is 8.18. The molecule has 1 aromatic heterocycles. The van der Waals surface area contributed by atoms with Crippen molar-refractivity contribution >= 4 is 5.91 Å². The number of nitrogens with zero attached hydrogens (tertiary/aromatic N) is 3. The van der Waals surface area contributed by atoms with Crippen molar-refractivity contribution in [1.29, 1.82) is 0 Å². The molecule has 5 nitrogen and oxygen atoms in total. The molecule has 0 N–H and O–H groups in total. The summed E-state index contributed by atoms with van der Waals surface area (Å²) in [6.07, 6.45) is -2.19. The van der Waals surface area contributed by atoms with Crippen molar-refractivity contribution in [2.75, 3.05) is 19.7 Å². The molecule has 1 aliphatic carbocycles. The van der Waals surface area contributed by atoms with E-state index in [1.165, 1.54) is 6.92 Å². The maximum atomic E-state index is 12.4. The van der Waals surface area contributed by atoms with Gasteiger partial charge in [0, 0.05) is 37.9 Å². The van der Waals surface area contributed by atoms with Gasteiger partial charge in [0.25, 0.3) is 0 Å². The number of hydrogen-bond donors (Lipinski definition) is 0. The summed E-state index contributed by atoms with van der Waals surface area (Å²) in [7, 11) is 0. The van der Waals surface area contributed by atoms with Crippen LogP contribution in [0.4, 0.5) is 13.2 Å². The molecule has 24 heavy (non-hydrogen) atoms. The predicted octanol–water partition coefficient (Wildman–Crippen LogP) is 2.63. The first kappa shape index (κ1) is 17.0. The van der Waals surface area contributed by atoms with E-state index < -0.39 is 19.2 Å². The molecule has 1 amide bonds. The molecular formula is C16H20F3N3O2. The minimum absolute atomic E-state index is 0.0160. The van der Waals surface area contributed by atoms with Crippen LogP contribution in [0, 0.1) is 0 Å². The number of aromatic nitrogens is 2. The number of ether oxygens (including phenoxy) is 1. The molecule has 0 atom stereocenters. The second kappa shape index (κ2) is 6.57. The molecule has 0 aromatic carbocycles. The van der Waals surface area contributed by atoms with E-state index in [9.17, 15) is 18.0 Å². The fraction of sp³-hybridized carbons (Fsp3) is 0.688. The van der Waals surface area contributed by atoms with Crippen LogP contribution in [-0.2, 0) is 17.6 Å². The Morgan fingerprint density at radius 3 is 2.58 bits per heavy atom. The van der Waals surface area contributed by atoms with E-state index in [-0.39, 0.29) is 17.7 Å². The minimum atomic E-state index is -4.26. The Balaban J connectivity index is 1.82. The van der Waals surface area contributed by atoms with Gasteiger partial charge in [-0.1, -0.05) is 0 Å². The van der Waals surface area contributed by atoms with Gasteiger partial charge in [-0.15, -0.1) is 0 Å². The lowest BCUT2D eigenvalue weighted by Gasteiger charge is -2.17. The van der Waals surface area contributed by atoms with Gasteiger partial charge in [0.1, 0.15) is 5.82 Å². The van der Waals surface area contributed by atoms with Crippen LogP contribution in [0.1, 0.15) is 49.2 Å². The SMILES string of the molecule is CC(=O)N1CCc2nc(C3CC3)nc(OCCC(F)(F)F)c2CC1. The maximum absolute atomic E-state index is 12.4. The van der Waals surface area contributed by atoms with E-state index >= 15 is 0 Å². The number of carbonyl (C=O) groups is 1. The van der Waals surface area contributed by atoms with E-state index in [2.05, 4.69) is 9.97 Å². The summed E-state index contributed by atoms with van der Waals surface area (Å²) in [6, 6.07) is 0. The van der Waals surface area contributed by atoms with E-state index in [1.807, 2.05) is 0 Å². The molecule has 0 unspecified atom stereocenters. The molecule has 0 spiro atoms. The van der Waals surface area contributed by atoms with Gasteiger partial charge in [0.15, 0.2) is 0 Å². The number of rotatable bonds is 4. The van der Waals surface area contributed by atoms with Crippen LogP contribution in [0.15, 0.2) is 0 Å². The molecule has 1 aromatic rings. The fourth-order valence-electron chi connectivity index (χ4n) is 2.80. The lowest BCUT2D eigenvalue weighted by molar-refractivity contribution is -0.139. The molecule has 0 radical (unpaired) electrons. The third-order valence-corrected chi connectivity index (χ3v) is 4.33. The molecule has 0 saturated heterocycles. The summed E-state index contributed by atoms with van der Waals surface area (Å²) in [4.78, 5) is 22.3. The molecule has 1 aliphatic heterocycles. The Kier molecular flexibility index (Phi) is 4.64. The van der Waals surface area contributed by atoms with Crippen LogP contribution < -0.4 is 4.74 Å². The Labute approximate surface area is 138 Å². The van der Waals surface area contributed by atoms with E-state index in [4.69, 9.17) is 4.74 Å². The van der Waals surface area contributed by atoms with Crippen LogP contribution in [0.3, 0.4) is 0 Å². The predicted molar refractivity (Wildman–Crippen MR) is 79.8 cm³/mol. The molecular weight excluding hydrogens is 323 g/mol. The number of fused-ring (bicyclic) bond motifs is 1. The standard InChI is InChI=1S/C16H20F3N3O2/c1-10(23)22-7-4-12-13(5-8-22)20-14(11-2-3-11)21-15(12)24-9-6-16(17,18)19/h11H,2-9H2,1H3. The molecule has 1 fully saturated rings. The second-order valence-corrected chi connectivity index (χ2v) is 6.31. The number of alkyl halides is 3. The Hall–Kier alpha value is -1.86. The van der Waals surface area contributed by atoms with Crippen molar-refractivity contribution in [3.8, 4) is 5.88 Å². The zero-order chi connectivity index (χ0) is 17.3. The zero-order valence-corrected chi connectivity index (χ0v) is 13.5. The van der Waals surface area contributed by atoms with Gasteiger partial charge in [-0.2, -0.15) is 18.2 Å². The van der Waals surface area contributed by atoms with Crippen LogP contribution in [0.2, 0.25) is 0 Å². The Bertz CT molecular complexity index is 630. The Morgan fingerprint density at radius 2 is 1.96 bits per heavy atom. The van der Waals surface area contributed by atoms with Gasteiger partial charge in [-0.25, -0.2) is 4.98 Å². The highest BCUT2D eigenvalue weighted by Crippen LogP contribution is 2.39. The van der Waals surface area contributed by atoms with E-state index in [1.54, 1.807) is 4.90 Å². The number of carbonyl (C=O) groups excluding carboxylic acids is 1. The summed E-state index contributed by atoms with van der Waals surface area (Å²) < 4.78 is 42.5. The largest absolute Gasteiger partial charge is 0.477 e. The van der Waals surface area contributed by atoms with Gasteiger partial charge in [0.2, 0.25) is 11.8 Å². The fourth-order valence-corrected chi connectivity index (χ4v) is 2.80. The Morgan fingerprint density at radius 1 is 1.25 bits per heavy atom. The first-order chi connectivity index (χ1) is 11.3. The molecule has 8 heteroatoms. The van der Waals surface area contributed by atoms with Crippen molar-refractivity contribution in [3.63, 3.8) is 0 Å². The highest BCUT2D eigenvalue weighted by molar-refractivity contribution is 5.73. The molecule has 1 saturated carbocycles.